The number of para-hydroxylation sites is 2. The lowest BCUT2D eigenvalue weighted by molar-refractivity contribution is -0.113. The van der Waals surface area contributed by atoms with Crippen molar-refractivity contribution < 1.29 is 4.79 Å². The third-order valence-corrected chi connectivity index (χ3v) is 6.30. The highest BCUT2D eigenvalue weighted by Crippen LogP contribution is 2.28. The van der Waals surface area contributed by atoms with Crippen LogP contribution in [0.3, 0.4) is 0 Å². The van der Waals surface area contributed by atoms with Crippen LogP contribution in [0.25, 0.3) is 22.2 Å². The number of carbonyl (C=O) groups is 1. The van der Waals surface area contributed by atoms with Gasteiger partial charge in [-0.2, -0.15) is 10.4 Å². The molecular weight excluding hydrogens is 434 g/mol. The smallest absolute Gasteiger partial charge is 0.236 e. The van der Waals surface area contributed by atoms with E-state index in [4.69, 9.17) is 0 Å². The zero-order valence-corrected chi connectivity index (χ0v) is 18.8. The van der Waals surface area contributed by atoms with Gasteiger partial charge in [0.1, 0.15) is 11.6 Å². The number of rotatable bonds is 5. The number of aromatic nitrogens is 5. The average molecular weight is 454 g/mol. The number of benzene rings is 2. The Labute approximate surface area is 193 Å². The molecule has 0 aliphatic heterocycles. The summed E-state index contributed by atoms with van der Waals surface area (Å²) in [4.78, 5) is 12.8. The van der Waals surface area contributed by atoms with E-state index in [-0.39, 0.29) is 11.7 Å². The quantitative estimate of drug-likeness (QED) is 0.399. The number of hydrogen-bond acceptors (Lipinski definition) is 6. The lowest BCUT2D eigenvalue weighted by Crippen LogP contribution is -2.18. The van der Waals surface area contributed by atoms with Crippen molar-refractivity contribution in [3.05, 3.63) is 77.5 Å². The molecule has 8 nitrogen and oxygen atoms in total. The van der Waals surface area contributed by atoms with E-state index in [2.05, 4.69) is 52.7 Å². The Kier molecular flexibility index (Phi) is 5.28. The van der Waals surface area contributed by atoms with E-state index >= 15 is 0 Å². The highest BCUT2D eigenvalue weighted by atomic mass is 32.2. The molecule has 0 radical (unpaired) electrons. The number of nitrogens with zero attached hydrogens (tertiary/aromatic N) is 6. The number of thioether (sulfide) groups is 1. The molecule has 0 aliphatic carbocycles. The summed E-state index contributed by atoms with van der Waals surface area (Å²) in [6, 6.07) is 19.6. The minimum Gasteiger partial charge on any atom is -0.309 e. The van der Waals surface area contributed by atoms with E-state index < -0.39 is 0 Å². The summed E-state index contributed by atoms with van der Waals surface area (Å²) < 4.78 is 3.54. The van der Waals surface area contributed by atoms with Crippen LogP contribution in [0.5, 0.6) is 0 Å². The second-order valence-electron chi connectivity index (χ2n) is 7.58. The number of pyridine rings is 1. The molecule has 0 saturated carbocycles. The van der Waals surface area contributed by atoms with Gasteiger partial charge in [0, 0.05) is 5.39 Å². The Bertz CT molecular complexity index is 1550. The topological polar surface area (TPSA) is 101 Å². The van der Waals surface area contributed by atoms with Gasteiger partial charge in [-0.05, 0) is 43.2 Å². The molecular formula is C24H19N7OS. The summed E-state index contributed by atoms with van der Waals surface area (Å²) in [6.45, 7) is 4.11. The highest BCUT2D eigenvalue weighted by Gasteiger charge is 2.18. The monoisotopic (exact) mass is 453 g/mol. The first-order valence-corrected chi connectivity index (χ1v) is 11.3. The normalized spacial score (nSPS) is 11.1. The molecule has 0 bridgehead atoms. The van der Waals surface area contributed by atoms with Gasteiger partial charge in [0.15, 0.2) is 16.6 Å². The van der Waals surface area contributed by atoms with Crippen molar-refractivity contribution in [3.8, 4) is 11.8 Å². The number of anilines is 1. The summed E-state index contributed by atoms with van der Waals surface area (Å²) in [7, 11) is 0. The van der Waals surface area contributed by atoms with E-state index in [1.54, 1.807) is 4.68 Å². The first-order chi connectivity index (χ1) is 16.1. The van der Waals surface area contributed by atoms with Crippen molar-refractivity contribution in [3.63, 3.8) is 0 Å². The average Bonchev–Trinajstić information content (AvgIpc) is 3.42. The molecule has 5 aromatic rings. The fourth-order valence-corrected chi connectivity index (χ4v) is 4.58. The minimum atomic E-state index is -0.265. The molecule has 0 aliphatic rings. The van der Waals surface area contributed by atoms with Crippen LogP contribution in [0.4, 0.5) is 5.82 Å². The van der Waals surface area contributed by atoms with E-state index in [0.717, 1.165) is 33.4 Å². The number of fused-ring (bicyclic) bond motifs is 3. The van der Waals surface area contributed by atoms with Crippen LogP contribution in [0.15, 0.2) is 66.0 Å². The maximum Gasteiger partial charge on any atom is 0.236 e. The van der Waals surface area contributed by atoms with Crippen molar-refractivity contribution in [2.24, 2.45) is 0 Å². The Balaban J connectivity index is 1.42. The van der Waals surface area contributed by atoms with Gasteiger partial charge in [-0.15, -0.1) is 10.2 Å². The molecule has 33 heavy (non-hydrogen) atoms. The van der Waals surface area contributed by atoms with Gasteiger partial charge in [-0.3, -0.25) is 9.20 Å². The predicted molar refractivity (Wildman–Crippen MR) is 128 cm³/mol. The molecule has 162 valence electrons. The summed E-state index contributed by atoms with van der Waals surface area (Å²) in [5, 5.41) is 26.9. The number of nitriles is 1. The zero-order valence-electron chi connectivity index (χ0n) is 18.0. The fraction of sp³-hybridized carbons (Fsp3) is 0.125. The van der Waals surface area contributed by atoms with Gasteiger partial charge < -0.3 is 5.32 Å². The number of aryl methyl sites for hydroxylation is 2. The number of amides is 1. The van der Waals surface area contributed by atoms with Gasteiger partial charge >= 0.3 is 0 Å². The molecule has 0 fully saturated rings. The largest absolute Gasteiger partial charge is 0.309 e. The van der Waals surface area contributed by atoms with Crippen LogP contribution in [-0.2, 0) is 4.79 Å². The molecule has 0 atom stereocenters. The first-order valence-electron chi connectivity index (χ1n) is 10.3. The van der Waals surface area contributed by atoms with Crippen LogP contribution in [-0.4, -0.2) is 36.0 Å². The first kappa shape index (κ1) is 20.7. The van der Waals surface area contributed by atoms with Crippen molar-refractivity contribution >= 4 is 40.0 Å². The summed E-state index contributed by atoms with van der Waals surface area (Å²) >= 11 is 1.30. The van der Waals surface area contributed by atoms with Crippen molar-refractivity contribution in [1.29, 1.82) is 5.26 Å². The van der Waals surface area contributed by atoms with Gasteiger partial charge in [-0.25, -0.2) is 4.68 Å². The summed E-state index contributed by atoms with van der Waals surface area (Å²) in [6.07, 6.45) is 1.44. The molecule has 2 aromatic carbocycles. The zero-order chi connectivity index (χ0) is 22.9. The highest BCUT2D eigenvalue weighted by molar-refractivity contribution is 7.99. The van der Waals surface area contributed by atoms with Crippen LogP contribution < -0.4 is 5.32 Å². The van der Waals surface area contributed by atoms with E-state index in [1.807, 2.05) is 46.9 Å². The standard InChI is InChI=1S/C24H19N7OS/c1-15-7-6-10-19-16(2)11-20-28-29-24(30(20)22(15)19)33-14-21(32)27-23-17(12-25)13-26-31(23)18-8-4-3-5-9-18/h3-11,13H,14H2,1-2H3,(H,27,32). The van der Waals surface area contributed by atoms with Crippen molar-refractivity contribution in [2.75, 3.05) is 11.1 Å². The van der Waals surface area contributed by atoms with Gasteiger partial charge in [0.05, 0.1) is 23.2 Å². The van der Waals surface area contributed by atoms with Crippen molar-refractivity contribution in [1.82, 2.24) is 24.4 Å². The summed E-state index contributed by atoms with van der Waals surface area (Å²) in [5.41, 5.74) is 5.06. The van der Waals surface area contributed by atoms with Gasteiger partial charge in [0.25, 0.3) is 0 Å². The Morgan fingerprint density at radius 3 is 2.70 bits per heavy atom. The fourth-order valence-electron chi connectivity index (χ4n) is 3.84. The van der Waals surface area contributed by atoms with Gasteiger partial charge in [0.2, 0.25) is 5.91 Å². The Hall–Kier alpha value is -4.16. The molecule has 0 unspecified atom stereocenters. The van der Waals surface area contributed by atoms with Crippen LogP contribution >= 0.6 is 11.8 Å². The van der Waals surface area contributed by atoms with E-state index in [9.17, 15) is 10.1 Å². The van der Waals surface area contributed by atoms with Crippen molar-refractivity contribution in [2.45, 2.75) is 19.0 Å². The third kappa shape index (κ3) is 3.70. The van der Waals surface area contributed by atoms with Crippen LogP contribution in [0, 0.1) is 25.2 Å². The lowest BCUT2D eigenvalue weighted by atomic mass is 10.1. The van der Waals surface area contributed by atoms with E-state index in [1.165, 1.54) is 18.0 Å². The van der Waals surface area contributed by atoms with Crippen LogP contribution in [0.2, 0.25) is 0 Å². The molecule has 3 aromatic heterocycles. The second-order valence-corrected chi connectivity index (χ2v) is 8.52. The second kappa shape index (κ2) is 8.41. The molecule has 1 amide bonds. The maximum absolute atomic E-state index is 12.8. The molecule has 1 N–H and O–H groups in total. The summed E-state index contributed by atoms with van der Waals surface area (Å²) in [5.74, 6) is 0.184. The van der Waals surface area contributed by atoms with E-state index in [0.29, 0.717) is 16.5 Å². The SMILES string of the molecule is Cc1cc2nnc(SCC(=O)Nc3c(C#N)cnn3-c3ccccc3)n2c2c(C)cccc12. The minimum absolute atomic E-state index is 0.104. The number of carbonyl (C=O) groups excluding carboxylic acids is 1. The number of nitrogens with one attached hydrogen (secondary N) is 1. The molecule has 3 heterocycles. The predicted octanol–water partition coefficient (Wildman–Crippen LogP) is 4.29. The van der Waals surface area contributed by atoms with Crippen LogP contribution in [0.1, 0.15) is 16.7 Å². The van der Waals surface area contributed by atoms with Gasteiger partial charge in [-0.1, -0.05) is 48.2 Å². The maximum atomic E-state index is 12.8. The molecule has 9 heteroatoms. The number of hydrogen-bond donors (Lipinski definition) is 1. The lowest BCUT2D eigenvalue weighted by Gasteiger charge is -2.11. The Morgan fingerprint density at radius 1 is 1.09 bits per heavy atom. The molecule has 5 rings (SSSR count). The molecule has 0 spiro atoms. The third-order valence-electron chi connectivity index (χ3n) is 5.37. The molecule has 0 saturated heterocycles. The Morgan fingerprint density at radius 2 is 1.91 bits per heavy atom.